The Bertz CT molecular complexity index is 556. The average Bonchev–Trinajstić information content (AvgIpc) is 3.24. The lowest BCUT2D eigenvalue weighted by molar-refractivity contribution is -0.123. The number of anilines is 1. The number of aromatic nitrogens is 2. The molecule has 1 aliphatic carbocycles. The van der Waals surface area contributed by atoms with Crippen LogP contribution in [0.2, 0.25) is 0 Å². The van der Waals surface area contributed by atoms with E-state index in [1.165, 1.54) is 0 Å². The SMILES string of the molecule is Cn1cc(N)c(C(=O)N2CCC(NC(=O)C3CC3)CC2)n1. The number of carbonyl (C=O) groups excluding carboxylic acids is 2. The predicted molar refractivity (Wildman–Crippen MR) is 77.4 cm³/mol. The molecule has 1 saturated heterocycles. The lowest BCUT2D eigenvalue weighted by Gasteiger charge is -2.32. The van der Waals surface area contributed by atoms with Crippen LogP contribution in [0.5, 0.6) is 0 Å². The molecule has 0 radical (unpaired) electrons. The van der Waals surface area contributed by atoms with Crippen LogP contribution in [0.3, 0.4) is 0 Å². The van der Waals surface area contributed by atoms with Gasteiger partial charge in [0, 0.05) is 38.3 Å². The number of nitrogen functional groups attached to an aromatic ring is 1. The minimum Gasteiger partial charge on any atom is -0.396 e. The van der Waals surface area contributed by atoms with Gasteiger partial charge in [0.2, 0.25) is 5.91 Å². The first-order valence-electron chi connectivity index (χ1n) is 7.43. The number of rotatable bonds is 3. The molecule has 114 valence electrons. The highest BCUT2D eigenvalue weighted by Crippen LogP contribution is 2.29. The highest BCUT2D eigenvalue weighted by atomic mass is 16.2. The third-order valence-corrected chi connectivity index (χ3v) is 4.14. The van der Waals surface area contributed by atoms with Crippen molar-refractivity contribution in [3.05, 3.63) is 11.9 Å². The van der Waals surface area contributed by atoms with Crippen molar-refractivity contribution in [2.24, 2.45) is 13.0 Å². The number of piperidine rings is 1. The van der Waals surface area contributed by atoms with Crippen molar-refractivity contribution < 1.29 is 9.59 Å². The summed E-state index contributed by atoms with van der Waals surface area (Å²) in [4.78, 5) is 25.9. The van der Waals surface area contributed by atoms with Crippen molar-refractivity contribution in [1.82, 2.24) is 20.0 Å². The molecule has 2 fully saturated rings. The topological polar surface area (TPSA) is 93.2 Å². The van der Waals surface area contributed by atoms with Crippen LogP contribution in [0.15, 0.2) is 6.20 Å². The summed E-state index contributed by atoms with van der Waals surface area (Å²) in [6.07, 6.45) is 5.24. The van der Waals surface area contributed by atoms with Gasteiger partial charge in [-0.3, -0.25) is 14.3 Å². The smallest absolute Gasteiger partial charge is 0.276 e. The molecule has 21 heavy (non-hydrogen) atoms. The number of carbonyl (C=O) groups is 2. The third kappa shape index (κ3) is 3.01. The Hall–Kier alpha value is -2.05. The number of hydrogen-bond donors (Lipinski definition) is 2. The molecule has 3 N–H and O–H groups in total. The minimum atomic E-state index is -0.125. The fourth-order valence-electron chi connectivity index (χ4n) is 2.71. The standard InChI is InChI=1S/C14H21N5O2/c1-18-8-11(15)12(17-18)14(21)19-6-4-10(5-7-19)16-13(20)9-2-3-9/h8-10H,2-7,15H2,1H3,(H,16,20). The third-order valence-electron chi connectivity index (χ3n) is 4.14. The van der Waals surface area contributed by atoms with Gasteiger partial charge >= 0.3 is 0 Å². The predicted octanol–water partition coefficient (Wildman–Crippen LogP) is 0.133. The summed E-state index contributed by atoms with van der Waals surface area (Å²) in [5, 5.41) is 7.19. The summed E-state index contributed by atoms with van der Waals surface area (Å²) in [6, 6.07) is 0.184. The van der Waals surface area contributed by atoms with Gasteiger partial charge in [0.15, 0.2) is 5.69 Å². The zero-order valence-corrected chi connectivity index (χ0v) is 12.2. The van der Waals surface area contributed by atoms with E-state index < -0.39 is 0 Å². The normalized spacial score (nSPS) is 19.6. The molecule has 1 saturated carbocycles. The van der Waals surface area contributed by atoms with Gasteiger partial charge in [0.1, 0.15) is 0 Å². The van der Waals surface area contributed by atoms with Crippen LogP contribution in [0.1, 0.15) is 36.2 Å². The molecule has 0 bridgehead atoms. The van der Waals surface area contributed by atoms with E-state index in [2.05, 4.69) is 10.4 Å². The van der Waals surface area contributed by atoms with Gasteiger partial charge in [-0.25, -0.2) is 0 Å². The maximum Gasteiger partial charge on any atom is 0.276 e. The molecule has 1 aromatic heterocycles. The Labute approximate surface area is 123 Å². The Morgan fingerprint density at radius 3 is 2.48 bits per heavy atom. The molecule has 7 nitrogen and oxygen atoms in total. The zero-order valence-electron chi connectivity index (χ0n) is 12.2. The van der Waals surface area contributed by atoms with E-state index in [9.17, 15) is 9.59 Å². The summed E-state index contributed by atoms with van der Waals surface area (Å²) >= 11 is 0. The van der Waals surface area contributed by atoms with Crippen LogP contribution >= 0.6 is 0 Å². The van der Waals surface area contributed by atoms with Gasteiger partial charge in [0.25, 0.3) is 5.91 Å². The highest BCUT2D eigenvalue weighted by Gasteiger charge is 2.32. The van der Waals surface area contributed by atoms with Gasteiger partial charge in [-0.2, -0.15) is 5.10 Å². The fourth-order valence-corrected chi connectivity index (χ4v) is 2.71. The first-order chi connectivity index (χ1) is 10.0. The first-order valence-corrected chi connectivity index (χ1v) is 7.43. The van der Waals surface area contributed by atoms with E-state index >= 15 is 0 Å². The Balaban J connectivity index is 1.54. The van der Waals surface area contributed by atoms with Crippen molar-refractivity contribution >= 4 is 17.5 Å². The fraction of sp³-hybridized carbons (Fsp3) is 0.643. The second-order valence-corrected chi connectivity index (χ2v) is 5.96. The number of amides is 2. The van der Waals surface area contributed by atoms with E-state index in [1.807, 2.05) is 0 Å². The van der Waals surface area contributed by atoms with Gasteiger partial charge in [-0.1, -0.05) is 0 Å². The molecular weight excluding hydrogens is 270 g/mol. The van der Waals surface area contributed by atoms with Crippen LogP contribution in [0.25, 0.3) is 0 Å². The molecule has 1 aliphatic heterocycles. The summed E-state index contributed by atoms with van der Waals surface area (Å²) in [6.45, 7) is 1.26. The lowest BCUT2D eigenvalue weighted by Crippen LogP contribution is -2.47. The van der Waals surface area contributed by atoms with Crippen molar-refractivity contribution in [1.29, 1.82) is 0 Å². The van der Waals surface area contributed by atoms with Gasteiger partial charge < -0.3 is 16.0 Å². The second-order valence-electron chi connectivity index (χ2n) is 5.96. The van der Waals surface area contributed by atoms with Crippen molar-refractivity contribution in [2.45, 2.75) is 31.7 Å². The quantitative estimate of drug-likeness (QED) is 0.828. The van der Waals surface area contributed by atoms with E-state index in [-0.39, 0.29) is 23.8 Å². The van der Waals surface area contributed by atoms with E-state index in [0.29, 0.717) is 24.5 Å². The molecule has 2 heterocycles. The Kier molecular flexibility index (Phi) is 3.57. The summed E-state index contributed by atoms with van der Waals surface area (Å²) in [5.41, 5.74) is 6.52. The number of likely N-dealkylation sites (tertiary alicyclic amines) is 1. The molecule has 7 heteroatoms. The summed E-state index contributed by atoms with van der Waals surface area (Å²) in [7, 11) is 1.74. The van der Waals surface area contributed by atoms with Gasteiger partial charge in [-0.05, 0) is 25.7 Å². The molecule has 2 aliphatic rings. The van der Waals surface area contributed by atoms with E-state index in [4.69, 9.17) is 5.73 Å². The second kappa shape index (κ2) is 5.38. The maximum absolute atomic E-state index is 12.4. The maximum atomic E-state index is 12.4. The largest absolute Gasteiger partial charge is 0.396 e. The molecule has 3 rings (SSSR count). The Morgan fingerprint density at radius 2 is 1.95 bits per heavy atom. The van der Waals surface area contributed by atoms with Crippen LogP contribution in [0, 0.1) is 5.92 Å². The van der Waals surface area contributed by atoms with Crippen molar-refractivity contribution in [2.75, 3.05) is 18.8 Å². The molecule has 0 spiro atoms. The number of aryl methyl sites for hydroxylation is 1. The van der Waals surface area contributed by atoms with E-state index in [1.54, 1.807) is 22.8 Å². The molecular formula is C14H21N5O2. The van der Waals surface area contributed by atoms with Crippen LogP contribution in [-0.2, 0) is 11.8 Å². The van der Waals surface area contributed by atoms with Crippen LogP contribution in [0.4, 0.5) is 5.69 Å². The Morgan fingerprint density at radius 1 is 1.29 bits per heavy atom. The highest BCUT2D eigenvalue weighted by molar-refractivity contribution is 5.97. The summed E-state index contributed by atoms with van der Waals surface area (Å²) in [5.74, 6) is 0.284. The number of nitrogens with two attached hydrogens (primary N) is 1. The zero-order chi connectivity index (χ0) is 15.0. The number of hydrogen-bond acceptors (Lipinski definition) is 4. The minimum absolute atomic E-state index is 0.125. The van der Waals surface area contributed by atoms with Crippen LogP contribution < -0.4 is 11.1 Å². The molecule has 2 amide bonds. The number of nitrogens with one attached hydrogen (secondary N) is 1. The summed E-state index contributed by atoms with van der Waals surface area (Å²) < 4.78 is 1.55. The first kappa shape index (κ1) is 13.9. The van der Waals surface area contributed by atoms with Crippen LogP contribution in [-0.4, -0.2) is 45.6 Å². The van der Waals surface area contributed by atoms with Gasteiger partial charge in [-0.15, -0.1) is 0 Å². The monoisotopic (exact) mass is 291 g/mol. The molecule has 1 aromatic rings. The van der Waals surface area contributed by atoms with Crippen molar-refractivity contribution in [3.8, 4) is 0 Å². The molecule has 0 atom stereocenters. The lowest BCUT2D eigenvalue weighted by atomic mass is 10.0. The number of nitrogens with zero attached hydrogens (tertiary/aromatic N) is 3. The van der Waals surface area contributed by atoms with Crippen molar-refractivity contribution in [3.63, 3.8) is 0 Å². The van der Waals surface area contributed by atoms with Gasteiger partial charge in [0.05, 0.1) is 5.69 Å². The van der Waals surface area contributed by atoms with E-state index in [0.717, 1.165) is 25.7 Å². The molecule has 0 aromatic carbocycles. The average molecular weight is 291 g/mol. The molecule has 0 unspecified atom stereocenters.